The number of non-ortho nitro benzene ring substituents is 1. The molecule has 1 atom stereocenters. The van der Waals surface area contributed by atoms with Crippen LogP contribution in [0.5, 0.6) is 5.75 Å². The van der Waals surface area contributed by atoms with E-state index >= 15 is 0 Å². The van der Waals surface area contributed by atoms with Crippen LogP contribution in [-0.2, 0) is 14.8 Å². The van der Waals surface area contributed by atoms with E-state index in [-0.39, 0.29) is 34.8 Å². The van der Waals surface area contributed by atoms with Crippen molar-refractivity contribution in [2.24, 2.45) is 0 Å². The summed E-state index contributed by atoms with van der Waals surface area (Å²) in [6, 6.07) is 3.26. The lowest BCUT2D eigenvalue weighted by Crippen LogP contribution is -2.43. The highest BCUT2D eigenvalue weighted by Crippen LogP contribution is 2.28. The molecule has 1 aliphatic heterocycles. The summed E-state index contributed by atoms with van der Waals surface area (Å²) < 4.78 is 32.6. The molecule has 0 saturated carbocycles. The van der Waals surface area contributed by atoms with Gasteiger partial charge in [0.1, 0.15) is 10.6 Å². The zero-order valence-electron chi connectivity index (χ0n) is 16.3. The van der Waals surface area contributed by atoms with Crippen molar-refractivity contribution in [2.45, 2.75) is 30.2 Å². The van der Waals surface area contributed by atoms with Gasteiger partial charge in [0.2, 0.25) is 15.9 Å². The van der Waals surface area contributed by atoms with Crippen molar-refractivity contribution in [3.63, 3.8) is 0 Å². The molecule has 1 aromatic rings. The third-order valence-electron chi connectivity index (χ3n) is 4.65. The van der Waals surface area contributed by atoms with Gasteiger partial charge in [-0.2, -0.15) is 0 Å². The van der Waals surface area contributed by atoms with Crippen molar-refractivity contribution in [1.82, 2.24) is 14.5 Å². The molecule has 0 radical (unpaired) electrons. The number of nitro benzene ring substituents is 1. The molecule has 1 N–H and O–H groups in total. The van der Waals surface area contributed by atoms with E-state index in [1.807, 2.05) is 0 Å². The first kappa shape index (κ1) is 22.1. The maximum Gasteiger partial charge on any atom is 0.271 e. The number of benzene rings is 1. The third-order valence-corrected chi connectivity index (χ3v) is 6.13. The molecule has 11 heteroatoms. The Labute approximate surface area is 164 Å². The van der Waals surface area contributed by atoms with Crippen LogP contribution in [0.3, 0.4) is 0 Å². The van der Waals surface area contributed by atoms with Crippen LogP contribution in [0.4, 0.5) is 5.69 Å². The van der Waals surface area contributed by atoms with Crippen LogP contribution < -0.4 is 9.46 Å². The lowest BCUT2D eigenvalue weighted by Gasteiger charge is -2.26. The number of ether oxygens (including phenoxy) is 1. The van der Waals surface area contributed by atoms with E-state index in [1.165, 1.54) is 19.2 Å². The van der Waals surface area contributed by atoms with Crippen LogP contribution in [0.25, 0.3) is 0 Å². The fourth-order valence-corrected chi connectivity index (χ4v) is 4.49. The maximum absolute atomic E-state index is 12.6. The second kappa shape index (κ2) is 9.30. The molecule has 0 aliphatic carbocycles. The summed E-state index contributed by atoms with van der Waals surface area (Å²) >= 11 is 0. The van der Waals surface area contributed by atoms with Gasteiger partial charge in [-0.05, 0) is 31.9 Å². The predicted molar refractivity (Wildman–Crippen MR) is 103 cm³/mol. The van der Waals surface area contributed by atoms with E-state index < -0.39 is 14.9 Å². The van der Waals surface area contributed by atoms with E-state index in [1.54, 1.807) is 19.0 Å². The number of nitro groups is 1. The van der Waals surface area contributed by atoms with Gasteiger partial charge in [0, 0.05) is 39.3 Å². The zero-order chi connectivity index (χ0) is 20.9. The molecule has 156 valence electrons. The first-order chi connectivity index (χ1) is 13.2. The summed E-state index contributed by atoms with van der Waals surface area (Å²) in [7, 11) is 0.773. The molecular weight excluding hydrogens is 388 g/mol. The fourth-order valence-electron chi connectivity index (χ4n) is 3.23. The van der Waals surface area contributed by atoms with E-state index in [4.69, 9.17) is 4.74 Å². The number of sulfonamides is 1. The average Bonchev–Trinajstić information content (AvgIpc) is 3.12. The van der Waals surface area contributed by atoms with Crippen LogP contribution in [0.1, 0.15) is 19.3 Å². The predicted octanol–water partition coefficient (Wildman–Crippen LogP) is 0.824. The third kappa shape index (κ3) is 5.18. The highest BCUT2D eigenvalue weighted by molar-refractivity contribution is 7.89. The van der Waals surface area contributed by atoms with Gasteiger partial charge in [-0.3, -0.25) is 19.8 Å². The monoisotopic (exact) mass is 414 g/mol. The number of rotatable bonds is 9. The molecule has 10 nitrogen and oxygen atoms in total. The van der Waals surface area contributed by atoms with Crippen LogP contribution >= 0.6 is 0 Å². The average molecular weight is 414 g/mol. The standard InChI is InChI=1S/C17H26N4O6S/c1-19(2)17(22)14-6-4-10-20(14)11-5-9-18-28(25,26)16-12-13(21(23)24)7-8-15(16)27-3/h7-8,12,14,18H,4-6,9-11H2,1-3H3. The number of hydrogen-bond acceptors (Lipinski definition) is 7. The molecule has 28 heavy (non-hydrogen) atoms. The summed E-state index contributed by atoms with van der Waals surface area (Å²) in [6.07, 6.45) is 2.24. The lowest BCUT2D eigenvalue weighted by atomic mass is 10.2. The van der Waals surface area contributed by atoms with Gasteiger partial charge in [0.15, 0.2) is 0 Å². The summed E-state index contributed by atoms with van der Waals surface area (Å²) in [5.41, 5.74) is -0.330. The van der Waals surface area contributed by atoms with Gasteiger partial charge in [-0.15, -0.1) is 0 Å². The molecule has 1 fully saturated rings. The SMILES string of the molecule is COc1ccc([N+](=O)[O-])cc1S(=O)(=O)NCCCN1CCCC1C(=O)N(C)C. The second-order valence-electron chi connectivity index (χ2n) is 6.77. The van der Waals surface area contributed by atoms with Crippen molar-refractivity contribution in [3.05, 3.63) is 28.3 Å². The Hall–Kier alpha value is -2.24. The molecule has 0 aromatic heterocycles. The minimum absolute atomic E-state index is 0.0364. The smallest absolute Gasteiger partial charge is 0.271 e. The van der Waals surface area contributed by atoms with Crippen molar-refractivity contribution in [1.29, 1.82) is 0 Å². The quantitative estimate of drug-likeness (QED) is 0.361. The van der Waals surface area contributed by atoms with Crippen LogP contribution in [-0.4, -0.2) is 75.9 Å². The first-order valence-corrected chi connectivity index (χ1v) is 10.4. The minimum atomic E-state index is -3.97. The van der Waals surface area contributed by atoms with Gasteiger partial charge in [0.05, 0.1) is 18.1 Å². The lowest BCUT2D eigenvalue weighted by molar-refractivity contribution is -0.385. The Bertz CT molecular complexity index is 827. The number of methoxy groups -OCH3 is 1. The van der Waals surface area contributed by atoms with E-state index in [9.17, 15) is 23.3 Å². The summed E-state index contributed by atoms with van der Waals surface area (Å²) in [4.78, 5) is 25.8. The molecule has 1 heterocycles. The number of amides is 1. The number of carbonyl (C=O) groups excluding carboxylic acids is 1. The molecule has 0 spiro atoms. The molecule has 2 rings (SSSR count). The molecule has 1 unspecified atom stereocenters. The van der Waals surface area contributed by atoms with E-state index in [2.05, 4.69) is 9.62 Å². The topological polar surface area (TPSA) is 122 Å². The molecule has 1 saturated heterocycles. The summed E-state index contributed by atoms with van der Waals surface area (Å²) in [5.74, 6) is 0.0914. The van der Waals surface area contributed by atoms with Gasteiger partial charge in [-0.1, -0.05) is 0 Å². The zero-order valence-corrected chi connectivity index (χ0v) is 17.1. The van der Waals surface area contributed by atoms with Crippen molar-refractivity contribution in [2.75, 3.05) is 40.8 Å². The fraction of sp³-hybridized carbons (Fsp3) is 0.588. The number of nitrogens with one attached hydrogen (secondary N) is 1. The van der Waals surface area contributed by atoms with Crippen LogP contribution in [0.2, 0.25) is 0 Å². The number of nitrogens with zero attached hydrogens (tertiary/aromatic N) is 3. The Morgan fingerprint density at radius 2 is 2.14 bits per heavy atom. The maximum atomic E-state index is 12.6. The molecule has 1 aliphatic rings. The normalized spacial score (nSPS) is 17.5. The van der Waals surface area contributed by atoms with Gasteiger partial charge in [-0.25, -0.2) is 13.1 Å². The largest absolute Gasteiger partial charge is 0.495 e. The first-order valence-electron chi connectivity index (χ1n) is 8.94. The minimum Gasteiger partial charge on any atom is -0.495 e. The van der Waals surface area contributed by atoms with Gasteiger partial charge in [0.25, 0.3) is 5.69 Å². The van der Waals surface area contributed by atoms with Gasteiger partial charge < -0.3 is 9.64 Å². The summed E-state index contributed by atoms with van der Waals surface area (Å²) in [5, 5.41) is 10.9. The Balaban J connectivity index is 1.98. The number of hydrogen-bond donors (Lipinski definition) is 1. The van der Waals surface area contributed by atoms with Crippen LogP contribution in [0, 0.1) is 10.1 Å². The molecule has 1 amide bonds. The molecular formula is C17H26N4O6S. The van der Waals surface area contributed by atoms with Crippen molar-refractivity contribution < 1.29 is 22.9 Å². The van der Waals surface area contributed by atoms with Gasteiger partial charge >= 0.3 is 0 Å². The van der Waals surface area contributed by atoms with E-state index in [0.717, 1.165) is 25.5 Å². The Morgan fingerprint density at radius 3 is 2.75 bits per heavy atom. The second-order valence-corrected chi connectivity index (χ2v) is 8.51. The highest BCUT2D eigenvalue weighted by Gasteiger charge is 2.31. The number of carbonyl (C=O) groups is 1. The van der Waals surface area contributed by atoms with E-state index in [0.29, 0.717) is 13.0 Å². The highest BCUT2D eigenvalue weighted by atomic mass is 32.2. The van der Waals surface area contributed by atoms with Crippen molar-refractivity contribution >= 4 is 21.6 Å². The number of likely N-dealkylation sites (N-methyl/N-ethyl adjacent to an activating group) is 1. The Kier molecular flexibility index (Phi) is 7.33. The Morgan fingerprint density at radius 1 is 1.43 bits per heavy atom. The summed E-state index contributed by atoms with van der Waals surface area (Å²) in [6.45, 7) is 1.53. The number of likely N-dealkylation sites (tertiary alicyclic amines) is 1. The van der Waals surface area contributed by atoms with Crippen molar-refractivity contribution in [3.8, 4) is 5.75 Å². The molecule has 0 bridgehead atoms. The van der Waals surface area contributed by atoms with Crippen LogP contribution in [0.15, 0.2) is 23.1 Å². The molecule has 1 aromatic carbocycles.